The van der Waals surface area contributed by atoms with E-state index < -0.39 is 5.97 Å². The van der Waals surface area contributed by atoms with Gasteiger partial charge >= 0.3 is 5.97 Å². The maximum atomic E-state index is 13.0. The number of aryl methyl sites for hydroxylation is 1. The van der Waals surface area contributed by atoms with Crippen molar-refractivity contribution in [3.63, 3.8) is 0 Å². The SMILES string of the molecule is COC(=O)c1c(NC(=O)CSc2nnc(-c3ccco3)n2CC2CCCO2)sc2c1CCCCCC2. The van der Waals surface area contributed by atoms with Crippen molar-refractivity contribution in [2.24, 2.45) is 0 Å². The molecule has 192 valence electrons. The molecule has 1 amide bonds. The van der Waals surface area contributed by atoms with Crippen LogP contribution < -0.4 is 5.32 Å². The van der Waals surface area contributed by atoms with Crippen molar-refractivity contribution in [1.82, 2.24) is 14.8 Å². The Labute approximate surface area is 217 Å². The largest absolute Gasteiger partial charge is 0.465 e. The molecule has 1 atom stereocenters. The van der Waals surface area contributed by atoms with Crippen molar-refractivity contribution in [2.75, 3.05) is 24.8 Å². The quantitative estimate of drug-likeness (QED) is 0.322. The molecule has 0 radical (unpaired) electrons. The number of esters is 1. The van der Waals surface area contributed by atoms with E-state index >= 15 is 0 Å². The van der Waals surface area contributed by atoms with Gasteiger partial charge in [-0.05, 0) is 56.2 Å². The molecule has 1 saturated heterocycles. The van der Waals surface area contributed by atoms with Crippen LogP contribution in [0.5, 0.6) is 0 Å². The van der Waals surface area contributed by atoms with E-state index in [4.69, 9.17) is 13.9 Å². The Morgan fingerprint density at radius 2 is 2.08 bits per heavy atom. The van der Waals surface area contributed by atoms with Crippen LogP contribution in [0.4, 0.5) is 5.00 Å². The van der Waals surface area contributed by atoms with Crippen LogP contribution in [0.3, 0.4) is 0 Å². The van der Waals surface area contributed by atoms with Crippen LogP contribution in [0.1, 0.15) is 59.3 Å². The molecule has 0 saturated carbocycles. The number of ether oxygens (including phenoxy) is 2. The summed E-state index contributed by atoms with van der Waals surface area (Å²) >= 11 is 2.81. The van der Waals surface area contributed by atoms with Gasteiger partial charge in [0.2, 0.25) is 11.7 Å². The number of carbonyl (C=O) groups is 2. The van der Waals surface area contributed by atoms with Crippen molar-refractivity contribution < 1.29 is 23.5 Å². The maximum absolute atomic E-state index is 13.0. The zero-order valence-corrected chi connectivity index (χ0v) is 21.9. The molecule has 3 aromatic rings. The van der Waals surface area contributed by atoms with E-state index in [1.54, 1.807) is 6.26 Å². The summed E-state index contributed by atoms with van der Waals surface area (Å²) < 4.78 is 18.4. The molecule has 0 bridgehead atoms. The lowest BCUT2D eigenvalue weighted by Crippen LogP contribution is -2.18. The summed E-state index contributed by atoms with van der Waals surface area (Å²) in [4.78, 5) is 26.8. The second-order valence-electron chi connectivity index (χ2n) is 8.98. The van der Waals surface area contributed by atoms with E-state index in [1.165, 1.54) is 41.5 Å². The van der Waals surface area contributed by atoms with E-state index in [9.17, 15) is 9.59 Å². The highest BCUT2D eigenvalue weighted by Gasteiger charge is 2.27. The van der Waals surface area contributed by atoms with Crippen molar-refractivity contribution >= 4 is 40.0 Å². The molecule has 1 unspecified atom stereocenters. The minimum Gasteiger partial charge on any atom is -0.465 e. The first kappa shape index (κ1) is 25.0. The molecular weight excluding hydrogens is 500 g/mol. The van der Waals surface area contributed by atoms with Gasteiger partial charge in [0.15, 0.2) is 10.9 Å². The number of anilines is 1. The van der Waals surface area contributed by atoms with Gasteiger partial charge in [-0.1, -0.05) is 24.6 Å². The third-order valence-electron chi connectivity index (χ3n) is 6.51. The molecule has 2 aliphatic rings. The maximum Gasteiger partial charge on any atom is 0.341 e. The van der Waals surface area contributed by atoms with Crippen LogP contribution >= 0.6 is 23.1 Å². The smallest absolute Gasteiger partial charge is 0.341 e. The van der Waals surface area contributed by atoms with Gasteiger partial charge in [-0.25, -0.2) is 4.79 Å². The number of aromatic nitrogens is 3. The molecule has 5 rings (SSSR count). The van der Waals surface area contributed by atoms with Gasteiger partial charge in [-0.2, -0.15) is 0 Å². The Hall–Kier alpha value is -2.63. The van der Waals surface area contributed by atoms with Crippen molar-refractivity contribution in [1.29, 1.82) is 0 Å². The number of carbonyl (C=O) groups excluding carboxylic acids is 2. The molecule has 11 heteroatoms. The summed E-state index contributed by atoms with van der Waals surface area (Å²) in [5.74, 6) is 0.770. The Balaban J connectivity index is 1.32. The normalized spacial score (nSPS) is 17.9. The van der Waals surface area contributed by atoms with Crippen molar-refractivity contribution in [3.8, 4) is 11.6 Å². The summed E-state index contributed by atoms with van der Waals surface area (Å²) in [6.45, 7) is 1.35. The standard InChI is InChI=1S/C25H30N4O5S2/c1-32-24(31)21-17-9-4-2-3-5-11-19(17)36-23(21)26-20(30)15-35-25-28-27-22(18-10-7-13-34-18)29(25)14-16-8-6-12-33-16/h7,10,13,16H,2-6,8-9,11-12,14-15H2,1H3,(H,26,30). The molecule has 1 N–H and O–H groups in total. The zero-order valence-electron chi connectivity index (χ0n) is 20.3. The predicted molar refractivity (Wildman–Crippen MR) is 138 cm³/mol. The Bertz CT molecular complexity index is 1200. The first-order valence-electron chi connectivity index (χ1n) is 12.4. The van der Waals surface area contributed by atoms with Gasteiger partial charge in [0, 0.05) is 11.5 Å². The Morgan fingerprint density at radius 1 is 1.22 bits per heavy atom. The first-order valence-corrected chi connectivity index (χ1v) is 14.2. The van der Waals surface area contributed by atoms with Crippen LogP contribution in [0.25, 0.3) is 11.6 Å². The number of hydrogen-bond acceptors (Lipinski definition) is 9. The van der Waals surface area contributed by atoms with Crippen LogP contribution in [-0.2, 0) is 33.7 Å². The fraction of sp³-hybridized carbons (Fsp3) is 0.520. The average Bonchev–Trinajstić information content (AvgIpc) is 3.66. The molecule has 1 aliphatic carbocycles. The van der Waals surface area contributed by atoms with E-state index in [0.29, 0.717) is 33.9 Å². The summed E-state index contributed by atoms with van der Waals surface area (Å²) in [6, 6.07) is 3.65. The van der Waals surface area contributed by atoms with E-state index in [2.05, 4.69) is 15.5 Å². The number of amides is 1. The van der Waals surface area contributed by atoms with Gasteiger partial charge < -0.3 is 19.2 Å². The molecule has 9 nitrogen and oxygen atoms in total. The zero-order chi connectivity index (χ0) is 24.9. The highest BCUT2D eigenvalue weighted by molar-refractivity contribution is 7.99. The highest BCUT2D eigenvalue weighted by Crippen LogP contribution is 2.38. The lowest BCUT2D eigenvalue weighted by atomic mass is 9.96. The van der Waals surface area contributed by atoms with E-state index in [1.807, 2.05) is 16.7 Å². The average molecular weight is 531 g/mol. The number of hydrogen-bond donors (Lipinski definition) is 1. The van der Waals surface area contributed by atoms with Gasteiger partial charge in [0.05, 0.1) is 37.3 Å². The number of furan rings is 1. The molecule has 0 spiro atoms. The summed E-state index contributed by atoms with van der Waals surface area (Å²) in [6.07, 6.45) is 9.92. The molecular formula is C25H30N4O5S2. The number of rotatable bonds is 8. The molecule has 1 aliphatic heterocycles. The second-order valence-corrected chi connectivity index (χ2v) is 11.0. The number of methoxy groups -OCH3 is 1. The first-order chi connectivity index (χ1) is 17.6. The van der Waals surface area contributed by atoms with Crippen LogP contribution in [0, 0.1) is 0 Å². The van der Waals surface area contributed by atoms with Gasteiger partial charge in [0.1, 0.15) is 5.00 Å². The van der Waals surface area contributed by atoms with Gasteiger partial charge in [-0.15, -0.1) is 21.5 Å². The van der Waals surface area contributed by atoms with E-state index in [-0.39, 0.29) is 17.8 Å². The van der Waals surface area contributed by atoms with E-state index in [0.717, 1.165) is 57.1 Å². The number of nitrogens with one attached hydrogen (secondary N) is 1. The Kier molecular flexibility index (Phi) is 8.08. The number of fused-ring (bicyclic) bond motifs is 1. The van der Waals surface area contributed by atoms with Crippen molar-refractivity contribution in [2.45, 2.75) is 69.2 Å². The van der Waals surface area contributed by atoms with Gasteiger partial charge in [0.25, 0.3) is 0 Å². The molecule has 1 fully saturated rings. The van der Waals surface area contributed by atoms with Crippen molar-refractivity contribution in [3.05, 3.63) is 34.4 Å². The number of thioether (sulfide) groups is 1. The third kappa shape index (κ3) is 5.52. The Morgan fingerprint density at radius 3 is 2.83 bits per heavy atom. The molecule has 0 aromatic carbocycles. The minimum atomic E-state index is -0.393. The van der Waals surface area contributed by atoms with Crippen LogP contribution in [0.15, 0.2) is 28.0 Å². The minimum absolute atomic E-state index is 0.0797. The van der Waals surface area contributed by atoms with Gasteiger partial charge in [-0.3, -0.25) is 9.36 Å². The fourth-order valence-corrected chi connectivity index (χ4v) is 6.80. The second kappa shape index (κ2) is 11.6. The lowest BCUT2D eigenvalue weighted by Gasteiger charge is -2.14. The molecule has 36 heavy (non-hydrogen) atoms. The van der Waals surface area contributed by atoms with Crippen LogP contribution in [0.2, 0.25) is 0 Å². The number of nitrogens with zero attached hydrogens (tertiary/aromatic N) is 3. The summed E-state index contributed by atoms with van der Waals surface area (Å²) in [7, 11) is 1.38. The van der Waals surface area contributed by atoms with Crippen LogP contribution in [-0.4, -0.2) is 52.2 Å². The molecule has 3 aromatic heterocycles. The highest BCUT2D eigenvalue weighted by atomic mass is 32.2. The lowest BCUT2D eigenvalue weighted by molar-refractivity contribution is -0.113. The monoisotopic (exact) mass is 530 g/mol. The number of thiophene rings is 1. The summed E-state index contributed by atoms with van der Waals surface area (Å²) in [5.41, 5.74) is 1.55. The fourth-order valence-electron chi connectivity index (χ4n) is 4.76. The summed E-state index contributed by atoms with van der Waals surface area (Å²) in [5, 5.41) is 12.8. The molecule has 4 heterocycles. The topological polar surface area (TPSA) is 108 Å². The predicted octanol–water partition coefficient (Wildman–Crippen LogP) is 4.96. The third-order valence-corrected chi connectivity index (χ3v) is 8.69.